The van der Waals surface area contributed by atoms with E-state index in [0.29, 0.717) is 25.3 Å². The SMILES string of the molecule is CCc1ccc(C2/C(=C(\O)c3cc(OC)ccc3Cl)C(=O)C(=O)N2CCCOC)cc1. The summed E-state index contributed by atoms with van der Waals surface area (Å²) < 4.78 is 10.3. The van der Waals surface area contributed by atoms with E-state index < -0.39 is 17.7 Å². The van der Waals surface area contributed by atoms with Gasteiger partial charge in [0, 0.05) is 25.8 Å². The molecule has 2 aromatic rings. The molecule has 7 heteroatoms. The molecule has 1 fully saturated rings. The van der Waals surface area contributed by atoms with Crippen molar-refractivity contribution in [1.82, 2.24) is 4.90 Å². The Balaban J connectivity index is 2.15. The number of amides is 1. The van der Waals surface area contributed by atoms with Gasteiger partial charge in [0.1, 0.15) is 11.5 Å². The molecule has 1 N–H and O–H groups in total. The average molecular weight is 444 g/mol. The molecule has 0 saturated carbocycles. The summed E-state index contributed by atoms with van der Waals surface area (Å²) in [4.78, 5) is 27.4. The second kappa shape index (κ2) is 9.98. The number of benzene rings is 2. The van der Waals surface area contributed by atoms with Crippen molar-refractivity contribution in [2.24, 2.45) is 0 Å². The van der Waals surface area contributed by atoms with E-state index in [4.69, 9.17) is 21.1 Å². The molecule has 0 spiro atoms. The minimum absolute atomic E-state index is 0.0156. The van der Waals surface area contributed by atoms with Crippen LogP contribution in [0.3, 0.4) is 0 Å². The third-order valence-electron chi connectivity index (χ3n) is 5.42. The maximum Gasteiger partial charge on any atom is 0.295 e. The van der Waals surface area contributed by atoms with Crippen LogP contribution in [0.5, 0.6) is 5.75 Å². The Labute approximate surface area is 187 Å². The van der Waals surface area contributed by atoms with Crippen molar-refractivity contribution in [2.75, 3.05) is 27.4 Å². The summed E-state index contributed by atoms with van der Waals surface area (Å²) in [7, 11) is 3.08. The van der Waals surface area contributed by atoms with Gasteiger partial charge in [-0.15, -0.1) is 0 Å². The maximum atomic E-state index is 13.0. The largest absolute Gasteiger partial charge is 0.507 e. The van der Waals surface area contributed by atoms with Gasteiger partial charge >= 0.3 is 0 Å². The minimum Gasteiger partial charge on any atom is -0.507 e. The molecule has 1 aliphatic heterocycles. The fourth-order valence-corrected chi connectivity index (χ4v) is 3.94. The first kappa shape index (κ1) is 22.8. The number of likely N-dealkylation sites (tertiary alicyclic amines) is 1. The molecule has 2 aromatic carbocycles. The molecule has 1 saturated heterocycles. The van der Waals surface area contributed by atoms with Crippen LogP contribution in [0.2, 0.25) is 5.02 Å². The van der Waals surface area contributed by atoms with Crippen LogP contribution in [-0.4, -0.2) is 49.1 Å². The molecule has 0 bridgehead atoms. The monoisotopic (exact) mass is 443 g/mol. The van der Waals surface area contributed by atoms with E-state index in [2.05, 4.69) is 6.92 Å². The van der Waals surface area contributed by atoms with Gasteiger partial charge < -0.3 is 19.5 Å². The molecule has 164 valence electrons. The highest BCUT2D eigenvalue weighted by molar-refractivity contribution is 6.47. The highest BCUT2D eigenvalue weighted by Gasteiger charge is 2.46. The quantitative estimate of drug-likeness (QED) is 0.284. The second-order valence-electron chi connectivity index (χ2n) is 7.28. The summed E-state index contributed by atoms with van der Waals surface area (Å²) in [5.74, 6) is -1.23. The predicted molar refractivity (Wildman–Crippen MR) is 119 cm³/mol. The number of methoxy groups -OCH3 is 2. The molecular weight excluding hydrogens is 418 g/mol. The lowest BCUT2D eigenvalue weighted by atomic mass is 9.94. The fraction of sp³-hybridized carbons (Fsp3) is 0.333. The summed E-state index contributed by atoms with van der Waals surface area (Å²) >= 11 is 6.31. The molecule has 1 amide bonds. The van der Waals surface area contributed by atoms with Gasteiger partial charge in [-0.25, -0.2) is 0 Å². The summed E-state index contributed by atoms with van der Waals surface area (Å²) in [5, 5.41) is 11.4. The van der Waals surface area contributed by atoms with E-state index in [-0.39, 0.29) is 21.9 Å². The van der Waals surface area contributed by atoms with E-state index >= 15 is 0 Å². The van der Waals surface area contributed by atoms with Crippen molar-refractivity contribution >= 4 is 29.1 Å². The van der Waals surface area contributed by atoms with Crippen LogP contribution in [0.15, 0.2) is 48.0 Å². The van der Waals surface area contributed by atoms with E-state index in [0.717, 1.165) is 17.5 Å². The predicted octanol–water partition coefficient (Wildman–Crippen LogP) is 4.37. The zero-order valence-corrected chi connectivity index (χ0v) is 18.6. The van der Waals surface area contributed by atoms with E-state index in [1.54, 1.807) is 25.3 Å². The number of Topliss-reactive ketones (excluding diaryl/α,β-unsaturated/α-hetero) is 1. The lowest BCUT2D eigenvalue weighted by Gasteiger charge is -2.25. The molecule has 1 atom stereocenters. The van der Waals surface area contributed by atoms with Gasteiger partial charge in [0.25, 0.3) is 11.7 Å². The summed E-state index contributed by atoms with van der Waals surface area (Å²) in [6.07, 6.45) is 1.43. The van der Waals surface area contributed by atoms with Crippen molar-refractivity contribution in [3.8, 4) is 5.75 Å². The third kappa shape index (κ3) is 4.60. The minimum atomic E-state index is -0.738. The number of carbonyl (C=O) groups excluding carboxylic acids is 2. The first-order valence-electron chi connectivity index (χ1n) is 10.1. The number of carbonyl (C=O) groups is 2. The Morgan fingerprint density at radius 2 is 1.84 bits per heavy atom. The van der Waals surface area contributed by atoms with Gasteiger partial charge in [-0.05, 0) is 42.2 Å². The molecule has 1 unspecified atom stereocenters. The van der Waals surface area contributed by atoms with Crippen molar-refractivity contribution in [3.63, 3.8) is 0 Å². The Morgan fingerprint density at radius 3 is 2.45 bits per heavy atom. The number of nitrogens with zero attached hydrogens (tertiary/aromatic N) is 1. The molecule has 0 aromatic heterocycles. The molecule has 0 aliphatic carbocycles. The normalized spacial score (nSPS) is 17.9. The van der Waals surface area contributed by atoms with Gasteiger partial charge in [-0.3, -0.25) is 9.59 Å². The molecular formula is C24H26ClNO5. The number of rotatable bonds is 8. The molecule has 1 heterocycles. The van der Waals surface area contributed by atoms with E-state index in [1.807, 2.05) is 24.3 Å². The third-order valence-corrected chi connectivity index (χ3v) is 5.75. The standard InChI is InChI=1S/C24H26ClNO5/c1-4-15-6-8-16(9-7-15)21-20(23(28)24(29)26(21)12-5-13-30-2)22(27)18-14-17(31-3)10-11-19(18)25/h6-11,14,21,27H,4-5,12-13H2,1-3H3/b22-20+. The van der Waals surface area contributed by atoms with Crippen molar-refractivity contribution < 1.29 is 24.2 Å². The summed E-state index contributed by atoms with van der Waals surface area (Å²) in [6, 6.07) is 11.8. The lowest BCUT2D eigenvalue weighted by molar-refractivity contribution is -0.140. The number of hydrogen-bond acceptors (Lipinski definition) is 5. The van der Waals surface area contributed by atoms with Gasteiger partial charge in [-0.1, -0.05) is 42.8 Å². The van der Waals surface area contributed by atoms with Gasteiger partial charge in [0.2, 0.25) is 0 Å². The zero-order chi connectivity index (χ0) is 22.5. The van der Waals surface area contributed by atoms with Crippen LogP contribution in [0, 0.1) is 0 Å². The number of ketones is 1. The average Bonchev–Trinajstić information content (AvgIpc) is 3.04. The lowest BCUT2D eigenvalue weighted by Crippen LogP contribution is -2.31. The molecule has 0 radical (unpaired) electrons. The molecule has 31 heavy (non-hydrogen) atoms. The van der Waals surface area contributed by atoms with Crippen LogP contribution in [0.4, 0.5) is 0 Å². The van der Waals surface area contributed by atoms with Crippen LogP contribution < -0.4 is 4.74 Å². The van der Waals surface area contributed by atoms with Crippen LogP contribution in [0.1, 0.15) is 36.1 Å². The number of aliphatic hydroxyl groups excluding tert-OH is 1. The van der Waals surface area contributed by atoms with Crippen LogP contribution >= 0.6 is 11.6 Å². The van der Waals surface area contributed by atoms with Gasteiger partial charge in [-0.2, -0.15) is 0 Å². The van der Waals surface area contributed by atoms with Crippen LogP contribution in [0.25, 0.3) is 5.76 Å². The highest BCUT2D eigenvalue weighted by atomic mass is 35.5. The highest BCUT2D eigenvalue weighted by Crippen LogP contribution is 2.41. The zero-order valence-electron chi connectivity index (χ0n) is 17.9. The number of hydrogen-bond donors (Lipinski definition) is 1. The van der Waals surface area contributed by atoms with Crippen molar-refractivity contribution in [2.45, 2.75) is 25.8 Å². The molecule has 1 aliphatic rings. The Hall–Kier alpha value is -2.83. The van der Waals surface area contributed by atoms with Crippen LogP contribution in [-0.2, 0) is 20.7 Å². The number of halogens is 1. The van der Waals surface area contributed by atoms with Crippen molar-refractivity contribution in [1.29, 1.82) is 0 Å². The summed E-state index contributed by atoms with van der Waals surface area (Å²) in [6.45, 7) is 2.82. The maximum absolute atomic E-state index is 13.0. The number of ether oxygens (including phenoxy) is 2. The van der Waals surface area contributed by atoms with E-state index in [1.165, 1.54) is 12.0 Å². The fourth-order valence-electron chi connectivity index (χ4n) is 3.73. The second-order valence-corrected chi connectivity index (χ2v) is 7.69. The smallest absolute Gasteiger partial charge is 0.295 e. The van der Waals surface area contributed by atoms with Crippen molar-refractivity contribution in [3.05, 3.63) is 69.8 Å². The first-order valence-corrected chi connectivity index (χ1v) is 10.5. The Kier molecular flexibility index (Phi) is 7.36. The van der Waals surface area contributed by atoms with Gasteiger partial charge in [0.15, 0.2) is 0 Å². The molecule has 6 nitrogen and oxygen atoms in total. The van der Waals surface area contributed by atoms with Gasteiger partial charge in [0.05, 0.1) is 23.7 Å². The summed E-state index contributed by atoms with van der Waals surface area (Å²) in [5.41, 5.74) is 2.14. The molecule has 3 rings (SSSR count). The van der Waals surface area contributed by atoms with E-state index in [9.17, 15) is 14.7 Å². The first-order chi connectivity index (χ1) is 14.9. The topological polar surface area (TPSA) is 76.1 Å². The number of aryl methyl sites for hydroxylation is 1. The Bertz CT molecular complexity index is 1000. The Morgan fingerprint density at radius 1 is 1.13 bits per heavy atom. The number of aliphatic hydroxyl groups is 1.